The maximum absolute atomic E-state index is 12.4. The highest BCUT2D eigenvalue weighted by Gasteiger charge is 2.16. The van der Waals surface area contributed by atoms with Gasteiger partial charge < -0.3 is 5.32 Å². The summed E-state index contributed by atoms with van der Waals surface area (Å²) < 4.78 is 4.24. The summed E-state index contributed by atoms with van der Waals surface area (Å²) in [4.78, 5) is 12.4. The predicted molar refractivity (Wildman–Crippen MR) is 96.1 cm³/mol. The van der Waals surface area contributed by atoms with Crippen molar-refractivity contribution in [3.8, 4) is 0 Å². The number of aryl methyl sites for hydroxylation is 2. The molecule has 2 aromatic heterocycles. The van der Waals surface area contributed by atoms with E-state index in [1.165, 1.54) is 0 Å². The van der Waals surface area contributed by atoms with Crippen LogP contribution >= 0.6 is 15.9 Å². The lowest BCUT2D eigenvalue weighted by Crippen LogP contribution is -2.14. The second-order valence-corrected chi connectivity index (χ2v) is 6.30. The van der Waals surface area contributed by atoms with E-state index in [2.05, 4.69) is 31.4 Å². The van der Waals surface area contributed by atoms with Crippen molar-refractivity contribution in [1.82, 2.24) is 19.6 Å². The maximum atomic E-state index is 12.4. The van der Waals surface area contributed by atoms with Gasteiger partial charge in [0.2, 0.25) is 0 Å². The molecule has 0 unspecified atom stereocenters. The molecule has 1 N–H and O–H groups in total. The Kier molecular flexibility index (Phi) is 4.80. The van der Waals surface area contributed by atoms with Crippen molar-refractivity contribution in [3.05, 3.63) is 64.0 Å². The second kappa shape index (κ2) is 7.00. The molecule has 3 aromatic rings. The Morgan fingerprint density at radius 2 is 2.00 bits per heavy atom. The normalized spacial score (nSPS) is 10.8. The number of nitrogens with one attached hydrogen (secondary N) is 1. The topological polar surface area (TPSA) is 64.7 Å². The first-order valence-electron chi connectivity index (χ1n) is 7.69. The van der Waals surface area contributed by atoms with Gasteiger partial charge in [0.05, 0.1) is 11.0 Å². The van der Waals surface area contributed by atoms with Crippen molar-refractivity contribution < 1.29 is 4.79 Å². The van der Waals surface area contributed by atoms with E-state index in [1.807, 2.05) is 54.9 Å². The first-order valence-corrected chi connectivity index (χ1v) is 8.48. The van der Waals surface area contributed by atoms with Gasteiger partial charge in [-0.2, -0.15) is 10.2 Å². The standard InChI is InChI=1S/C17H18BrN5O/c1-3-22-11-14(18)16(21-22)17(24)19-15-9-12(2)23(20-15)10-13-7-5-4-6-8-13/h4-9,11H,3,10H2,1-2H3,(H,19,20,24). The summed E-state index contributed by atoms with van der Waals surface area (Å²) in [6.45, 7) is 5.30. The highest BCUT2D eigenvalue weighted by molar-refractivity contribution is 9.10. The highest BCUT2D eigenvalue weighted by Crippen LogP contribution is 2.17. The fourth-order valence-corrected chi connectivity index (χ4v) is 2.87. The van der Waals surface area contributed by atoms with Crippen molar-refractivity contribution >= 4 is 27.7 Å². The zero-order valence-electron chi connectivity index (χ0n) is 13.5. The summed E-state index contributed by atoms with van der Waals surface area (Å²) in [5.74, 6) is 0.241. The monoisotopic (exact) mass is 387 g/mol. The van der Waals surface area contributed by atoms with E-state index < -0.39 is 0 Å². The lowest BCUT2D eigenvalue weighted by molar-refractivity contribution is 0.102. The minimum atomic E-state index is -0.279. The number of hydrogen-bond donors (Lipinski definition) is 1. The van der Waals surface area contributed by atoms with Crippen LogP contribution in [0.15, 0.2) is 47.1 Å². The summed E-state index contributed by atoms with van der Waals surface area (Å²) in [7, 11) is 0. The lowest BCUT2D eigenvalue weighted by atomic mass is 10.2. The number of carbonyl (C=O) groups excluding carboxylic acids is 1. The molecule has 0 aliphatic carbocycles. The predicted octanol–water partition coefficient (Wildman–Crippen LogP) is 3.47. The van der Waals surface area contributed by atoms with E-state index in [9.17, 15) is 4.79 Å². The molecular weight excluding hydrogens is 370 g/mol. The van der Waals surface area contributed by atoms with Gasteiger partial charge in [-0.3, -0.25) is 14.2 Å². The number of anilines is 1. The first-order chi connectivity index (χ1) is 11.6. The zero-order chi connectivity index (χ0) is 17.1. The molecule has 0 bridgehead atoms. The molecule has 0 radical (unpaired) electrons. The van der Waals surface area contributed by atoms with Crippen molar-refractivity contribution in [3.63, 3.8) is 0 Å². The van der Waals surface area contributed by atoms with Gasteiger partial charge in [0, 0.05) is 24.5 Å². The number of nitrogens with zero attached hydrogens (tertiary/aromatic N) is 4. The van der Waals surface area contributed by atoms with E-state index in [0.29, 0.717) is 29.1 Å². The third kappa shape index (κ3) is 3.56. The van der Waals surface area contributed by atoms with Crippen LogP contribution in [0.4, 0.5) is 5.82 Å². The van der Waals surface area contributed by atoms with Crippen molar-refractivity contribution in [2.45, 2.75) is 26.9 Å². The molecular formula is C17H18BrN5O. The molecule has 7 heteroatoms. The van der Waals surface area contributed by atoms with Crippen LogP contribution in [0.1, 0.15) is 28.7 Å². The fourth-order valence-electron chi connectivity index (χ4n) is 2.38. The molecule has 0 aliphatic heterocycles. The molecule has 6 nitrogen and oxygen atoms in total. The minimum absolute atomic E-state index is 0.279. The Morgan fingerprint density at radius 3 is 2.67 bits per heavy atom. The van der Waals surface area contributed by atoms with Crippen LogP contribution in [-0.4, -0.2) is 25.5 Å². The largest absolute Gasteiger partial charge is 0.304 e. The van der Waals surface area contributed by atoms with Gasteiger partial charge >= 0.3 is 0 Å². The third-order valence-corrected chi connectivity index (χ3v) is 4.23. The Balaban J connectivity index is 1.75. The van der Waals surface area contributed by atoms with Crippen molar-refractivity contribution in [2.24, 2.45) is 0 Å². The van der Waals surface area contributed by atoms with Gasteiger partial charge in [0.25, 0.3) is 5.91 Å². The van der Waals surface area contributed by atoms with Crippen LogP contribution in [0.2, 0.25) is 0 Å². The summed E-state index contributed by atoms with van der Waals surface area (Å²) in [5.41, 5.74) is 2.49. The van der Waals surface area contributed by atoms with Crippen LogP contribution in [0.5, 0.6) is 0 Å². The summed E-state index contributed by atoms with van der Waals surface area (Å²) >= 11 is 3.37. The molecule has 0 aliphatic rings. The number of benzene rings is 1. The van der Waals surface area contributed by atoms with Gasteiger partial charge in [0.1, 0.15) is 0 Å². The summed E-state index contributed by atoms with van der Waals surface area (Å²) in [6, 6.07) is 11.9. The second-order valence-electron chi connectivity index (χ2n) is 5.45. The van der Waals surface area contributed by atoms with E-state index in [1.54, 1.807) is 10.9 Å². The van der Waals surface area contributed by atoms with Crippen LogP contribution in [0.25, 0.3) is 0 Å². The van der Waals surface area contributed by atoms with E-state index >= 15 is 0 Å². The molecule has 1 aromatic carbocycles. The van der Waals surface area contributed by atoms with Gasteiger partial charge in [-0.25, -0.2) is 0 Å². The van der Waals surface area contributed by atoms with E-state index in [-0.39, 0.29) is 5.91 Å². The number of hydrogen-bond acceptors (Lipinski definition) is 3. The van der Waals surface area contributed by atoms with Crippen LogP contribution in [-0.2, 0) is 13.1 Å². The van der Waals surface area contributed by atoms with Crippen molar-refractivity contribution in [1.29, 1.82) is 0 Å². The van der Waals surface area contributed by atoms with E-state index in [4.69, 9.17) is 0 Å². The smallest absolute Gasteiger partial charge is 0.278 e. The number of rotatable bonds is 5. The maximum Gasteiger partial charge on any atom is 0.278 e. The van der Waals surface area contributed by atoms with Crippen LogP contribution in [0.3, 0.4) is 0 Å². The van der Waals surface area contributed by atoms with Gasteiger partial charge in [-0.05, 0) is 35.3 Å². The molecule has 1 amide bonds. The number of halogens is 1. The molecule has 0 atom stereocenters. The minimum Gasteiger partial charge on any atom is -0.304 e. The Labute approximate surface area is 148 Å². The Morgan fingerprint density at radius 1 is 1.25 bits per heavy atom. The SMILES string of the molecule is CCn1cc(Br)c(C(=O)Nc2cc(C)n(Cc3ccccc3)n2)n1. The van der Waals surface area contributed by atoms with Gasteiger partial charge in [0.15, 0.2) is 11.5 Å². The molecule has 0 saturated carbocycles. The average Bonchev–Trinajstić information content (AvgIpc) is 3.11. The van der Waals surface area contributed by atoms with Crippen LogP contribution < -0.4 is 5.32 Å². The molecule has 0 fully saturated rings. The summed E-state index contributed by atoms with van der Waals surface area (Å²) in [6.07, 6.45) is 1.79. The summed E-state index contributed by atoms with van der Waals surface area (Å²) in [5, 5.41) is 11.5. The zero-order valence-corrected chi connectivity index (χ0v) is 15.1. The van der Waals surface area contributed by atoms with Crippen molar-refractivity contribution in [2.75, 3.05) is 5.32 Å². The molecule has 124 valence electrons. The quantitative estimate of drug-likeness (QED) is 0.728. The number of carbonyl (C=O) groups is 1. The Bertz CT molecular complexity index is 853. The van der Waals surface area contributed by atoms with Crippen LogP contribution in [0, 0.1) is 6.92 Å². The molecule has 2 heterocycles. The third-order valence-electron chi connectivity index (χ3n) is 3.65. The van der Waals surface area contributed by atoms with Gasteiger partial charge in [-0.1, -0.05) is 30.3 Å². The van der Waals surface area contributed by atoms with Gasteiger partial charge in [-0.15, -0.1) is 0 Å². The molecule has 24 heavy (non-hydrogen) atoms. The lowest BCUT2D eigenvalue weighted by Gasteiger charge is -2.04. The first kappa shape index (κ1) is 16.4. The number of amides is 1. The molecule has 0 spiro atoms. The number of aromatic nitrogens is 4. The average molecular weight is 388 g/mol. The Hall–Kier alpha value is -2.41. The highest BCUT2D eigenvalue weighted by atomic mass is 79.9. The molecule has 3 rings (SSSR count). The fraction of sp³-hybridized carbons (Fsp3) is 0.235. The molecule has 0 saturated heterocycles. The van der Waals surface area contributed by atoms with E-state index in [0.717, 1.165) is 11.3 Å².